The van der Waals surface area contributed by atoms with Gasteiger partial charge in [0.15, 0.2) is 8.46 Å². The molecule has 2 heteroatoms. The molecule has 94 valence electrons. The summed E-state index contributed by atoms with van der Waals surface area (Å²) in [5.41, 5.74) is 1.37. The summed E-state index contributed by atoms with van der Waals surface area (Å²) >= 11 is 0. The predicted octanol–water partition coefficient (Wildman–Crippen LogP) is 4.90. The average Bonchev–Trinajstić information content (AvgIpc) is 2.38. The number of hydrogen-bond donors (Lipinski definition) is 0. The van der Waals surface area contributed by atoms with Crippen LogP contribution in [0.5, 0.6) is 0 Å². The molecule has 0 heterocycles. The highest BCUT2D eigenvalue weighted by Crippen LogP contribution is 2.10. The zero-order chi connectivity index (χ0) is 12.3. The molecule has 1 aromatic carbocycles. The van der Waals surface area contributed by atoms with Gasteiger partial charge in [-0.2, -0.15) is 0 Å². The molecular weight excluding hydrogens is 227 g/mol. The highest BCUT2D eigenvalue weighted by atomic mass is 31.1. The molecule has 0 unspecified atom stereocenters. The van der Waals surface area contributed by atoms with Gasteiger partial charge in [0.25, 0.3) is 0 Å². The first-order valence-electron chi connectivity index (χ1n) is 6.79. The second-order valence-corrected chi connectivity index (χ2v) is 5.33. The maximum Gasteiger partial charge on any atom is 0.192 e. The molecule has 0 aliphatic heterocycles. The summed E-state index contributed by atoms with van der Waals surface area (Å²) in [6, 6.07) is 8.09. The fraction of sp³-hybridized carbons (Fsp3) is 0.600. The minimum atomic E-state index is 0.123. The van der Waals surface area contributed by atoms with E-state index >= 15 is 0 Å². The van der Waals surface area contributed by atoms with Crippen LogP contribution in [0.4, 0.5) is 0 Å². The van der Waals surface area contributed by atoms with Gasteiger partial charge in [-0.15, -0.1) is 0 Å². The molecule has 0 aliphatic rings. The Morgan fingerprint density at radius 3 is 2.06 bits per heavy atom. The lowest BCUT2D eigenvalue weighted by Gasteiger charge is -2.02. The lowest BCUT2D eigenvalue weighted by Crippen LogP contribution is -1.92. The molecule has 17 heavy (non-hydrogen) atoms. The van der Waals surface area contributed by atoms with E-state index in [1.165, 1.54) is 50.5 Å². The lowest BCUT2D eigenvalue weighted by atomic mass is 10.0. The highest BCUT2D eigenvalue weighted by Gasteiger charge is 1.95. The minimum absolute atomic E-state index is 0.123. The van der Waals surface area contributed by atoms with Crippen LogP contribution in [-0.2, 0) is 11.0 Å². The van der Waals surface area contributed by atoms with Gasteiger partial charge in [0.05, 0.1) is 0 Å². The van der Waals surface area contributed by atoms with Crippen LogP contribution >= 0.6 is 8.46 Å². The first-order valence-corrected chi connectivity index (χ1v) is 7.60. The van der Waals surface area contributed by atoms with Crippen molar-refractivity contribution in [1.82, 2.24) is 0 Å². The van der Waals surface area contributed by atoms with Crippen LogP contribution in [0.15, 0.2) is 24.3 Å². The van der Waals surface area contributed by atoms with E-state index in [1.54, 1.807) is 0 Å². The number of unbranched alkanes of at least 4 members (excludes halogenated alkanes) is 6. The van der Waals surface area contributed by atoms with Crippen LogP contribution in [0.25, 0.3) is 0 Å². The van der Waals surface area contributed by atoms with Gasteiger partial charge in [-0.05, 0) is 30.5 Å². The summed E-state index contributed by atoms with van der Waals surface area (Å²) in [5, 5.41) is 0.869. The molecule has 0 spiro atoms. The first-order chi connectivity index (χ1) is 8.36. The molecule has 1 nitrogen and oxygen atoms in total. The quantitative estimate of drug-likeness (QED) is 0.450. The first kappa shape index (κ1) is 14.4. The van der Waals surface area contributed by atoms with Gasteiger partial charge in [-0.1, -0.05) is 57.6 Å². The van der Waals surface area contributed by atoms with Crippen LogP contribution in [0.3, 0.4) is 0 Å². The lowest BCUT2D eigenvalue weighted by molar-refractivity contribution is 0.589. The summed E-state index contributed by atoms with van der Waals surface area (Å²) < 4.78 is 10.6. The van der Waals surface area contributed by atoms with Crippen LogP contribution in [0, 0.1) is 0 Å². The highest BCUT2D eigenvalue weighted by molar-refractivity contribution is 7.34. The fourth-order valence-corrected chi connectivity index (χ4v) is 2.28. The Morgan fingerprint density at radius 2 is 1.47 bits per heavy atom. The third-order valence-electron chi connectivity index (χ3n) is 3.11. The van der Waals surface area contributed by atoms with E-state index in [1.807, 2.05) is 12.1 Å². The molecule has 0 saturated carbocycles. The van der Waals surface area contributed by atoms with Crippen LogP contribution in [-0.4, -0.2) is 0 Å². The maximum atomic E-state index is 10.6. The van der Waals surface area contributed by atoms with Gasteiger partial charge in [-0.3, -0.25) is 4.57 Å². The standard InChI is InChI=1S/C15H23OP/c1-2-3-4-5-6-7-8-9-14-10-12-15(17-16)13-11-14/h10-13H,2-9H2,1H3. The van der Waals surface area contributed by atoms with Gasteiger partial charge in [0.2, 0.25) is 0 Å². The molecule has 0 bridgehead atoms. The molecule has 0 aliphatic carbocycles. The van der Waals surface area contributed by atoms with E-state index in [9.17, 15) is 4.57 Å². The fourth-order valence-electron chi connectivity index (χ4n) is 2.01. The van der Waals surface area contributed by atoms with E-state index in [0.717, 1.165) is 11.7 Å². The summed E-state index contributed by atoms with van der Waals surface area (Å²) in [6.07, 6.45) is 10.6. The van der Waals surface area contributed by atoms with Crippen LogP contribution in [0.2, 0.25) is 0 Å². The summed E-state index contributed by atoms with van der Waals surface area (Å²) in [7, 11) is 0.123. The summed E-state index contributed by atoms with van der Waals surface area (Å²) in [6.45, 7) is 2.25. The van der Waals surface area contributed by atoms with Crippen LogP contribution in [0.1, 0.15) is 57.4 Å². The largest absolute Gasteiger partial charge is 0.269 e. The molecule has 0 saturated heterocycles. The van der Waals surface area contributed by atoms with Crippen molar-refractivity contribution in [3.8, 4) is 0 Å². The van der Waals surface area contributed by atoms with Gasteiger partial charge in [0, 0.05) is 5.30 Å². The van der Waals surface area contributed by atoms with E-state index in [-0.39, 0.29) is 8.46 Å². The smallest absolute Gasteiger partial charge is 0.192 e. The van der Waals surface area contributed by atoms with Gasteiger partial charge >= 0.3 is 0 Å². The number of aryl methyl sites for hydroxylation is 1. The Hall–Kier alpha value is -0.680. The van der Waals surface area contributed by atoms with Crippen molar-refractivity contribution in [3.63, 3.8) is 0 Å². The van der Waals surface area contributed by atoms with Gasteiger partial charge in [-0.25, -0.2) is 0 Å². The number of rotatable bonds is 9. The monoisotopic (exact) mass is 250 g/mol. The molecule has 0 aromatic heterocycles. The third kappa shape index (κ3) is 6.58. The SMILES string of the molecule is CCCCCCCCCc1ccc(P=O)cc1. The molecular formula is C15H23OP. The van der Waals surface area contributed by atoms with Gasteiger partial charge in [0.1, 0.15) is 0 Å². The Morgan fingerprint density at radius 1 is 0.882 bits per heavy atom. The molecule has 1 aromatic rings. The van der Waals surface area contributed by atoms with Crippen molar-refractivity contribution in [3.05, 3.63) is 29.8 Å². The zero-order valence-electron chi connectivity index (χ0n) is 10.8. The number of benzene rings is 1. The number of hydrogen-bond acceptors (Lipinski definition) is 1. The predicted molar refractivity (Wildman–Crippen MR) is 75.4 cm³/mol. The van der Waals surface area contributed by atoms with Crippen LogP contribution < -0.4 is 5.30 Å². The van der Waals surface area contributed by atoms with E-state index < -0.39 is 0 Å². The molecule has 0 amide bonds. The maximum absolute atomic E-state index is 10.6. The molecule has 0 radical (unpaired) electrons. The molecule has 1 rings (SSSR count). The summed E-state index contributed by atoms with van der Waals surface area (Å²) in [5.74, 6) is 0. The topological polar surface area (TPSA) is 17.1 Å². The Kier molecular flexibility index (Phi) is 7.92. The second-order valence-electron chi connectivity index (χ2n) is 4.63. The Balaban J connectivity index is 2.07. The van der Waals surface area contributed by atoms with Crippen molar-refractivity contribution >= 4 is 13.8 Å². The minimum Gasteiger partial charge on any atom is -0.269 e. The van der Waals surface area contributed by atoms with E-state index in [4.69, 9.17) is 0 Å². The Labute approximate surface area is 107 Å². The van der Waals surface area contributed by atoms with Crippen molar-refractivity contribution in [2.75, 3.05) is 0 Å². The van der Waals surface area contributed by atoms with Crippen molar-refractivity contribution in [2.45, 2.75) is 58.3 Å². The normalized spacial score (nSPS) is 10.9. The van der Waals surface area contributed by atoms with Gasteiger partial charge < -0.3 is 0 Å². The van der Waals surface area contributed by atoms with Crippen molar-refractivity contribution < 1.29 is 4.57 Å². The second kappa shape index (κ2) is 9.36. The van der Waals surface area contributed by atoms with E-state index in [0.29, 0.717) is 0 Å². The van der Waals surface area contributed by atoms with Crippen molar-refractivity contribution in [2.24, 2.45) is 0 Å². The average molecular weight is 250 g/mol. The van der Waals surface area contributed by atoms with E-state index in [2.05, 4.69) is 19.1 Å². The van der Waals surface area contributed by atoms with Crippen molar-refractivity contribution in [1.29, 1.82) is 0 Å². The third-order valence-corrected chi connectivity index (χ3v) is 3.62. The molecule has 0 atom stereocenters. The summed E-state index contributed by atoms with van der Waals surface area (Å²) in [4.78, 5) is 0. The zero-order valence-corrected chi connectivity index (χ0v) is 11.7. The molecule has 0 fully saturated rings. The Bertz CT molecular complexity index is 305. The molecule has 0 N–H and O–H groups in total.